The number of ether oxygens (including phenoxy) is 2. The number of alkyl halides is 3. The lowest BCUT2D eigenvalue weighted by molar-refractivity contribution is -0.140. The summed E-state index contributed by atoms with van der Waals surface area (Å²) < 4.78 is 53.7. The minimum atomic E-state index is -4.50. The van der Waals surface area contributed by atoms with E-state index in [1.54, 1.807) is 30.6 Å². The number of hydrogen-bond acceptors (Lipinski definition) is 6. The van der Waals surface area contributed by atoms with E-state index in [0.717, 1.165) is 31.0 Å². The SMILES string of the molecule is Cn1cc(C(F)(F)F)nc1-c1ccc(COc2nc(Cl)nc3c2ncn3C2CCCCO2)cc1. The molecule has 0 bridgehead atoms. The van der Waals surface area contributed by atoms with E-state index in [9.17, 15) is 13.2 Å². The molecule has 4 aromatic rings. The second-order valence-corrected chi connectivity index (χ2v) is 8.33. The van der Waals surface area contributed by atoms with Gasteiger partial charge >= 0.3 is 6.18 Å². The van der Waals surface area contributed by atoms with Crippen LogP contribution in [0.4, 0.5) is 13.2 Å². The quantitative estimate of drug-likeness (QED) is 0.357. The lowest BCUT2D eigenvalue weighted by Gasteiger charge is -2.23. The maximum Gasteiger partial charge on any atom is 0.434 e. The zero-order valence-corrected chi connectivity index (χ0v) is 18.8. The fourth-order valence-corrected chi connectivity index (χ4v) is 4.05. The highest BCUT2D eigenvalue weighted by Gasteiger charge is 2.34. The van der Waals surface area contributed by atoms with E-state index in [-0.39, 0.29) is 29.8 Å². The van der Waals surface area contributed by atoms with Gasteiger partial charge in [0.1, 0.15) is 18.7 Å². The first-order valence-electron chi connectivity index (χ1n) is 10.6. The molecule has 1 aliphatic heterocycles. The van der Waals surface area contributed by atoms with Crippen molar-refractivity contribution in [3.05, 3.63) is 53.3 Å². The number of aryl methyl sites for hydroxylation is 1. The summed E-state index contributed by atoms with van der Waals surface area (Å²) in [5.41, 5.74) is 1.42. The Labute approximate surface area is 197 Å². The molecule has 1 unspecified atom stereocenters. The smallest absolute Gasteiger partial charge is 0.434 e. The summed E-state index contributed by atoms with van der Waals surface area (Å²) in [6.45, 7) is 0.835. The largest absolute Gasteiger partial charge is 0.471 e. The molecule has 0 aliphatic carbocycles. The number of aromatic nitrogens is 6. The normalized spacial score (nSPS) is 16.8. The van der Waals surface area contributed by atoms with Gasteiger partial charge in [0, 0.05) is 25.4 Å². The molecule has 4 heterocycles. The summed E-state index contributed by atoms with van der Waals surface area (Å²) in [6.07, 6.45) is 0.895. The summed E-state index contributed by atoms with van der Waals surface area (Å²) in [5.74, 6) is 0.465. The first-order valence-corrected chi connectivity index (χ1v) is 11.0. The highest BCUT2D eigenvalue weighted by molar-refractivity contribution is 6.28. The third-order valence-electron chi connectivity index (χ3n) is 5.58. The van der Waals surface area contributed by atoms with Crippen molar-refractivity contribution in [2.45, 2.75) is 38.3 Å². The lowest BCUT2D eigenvalue weighted by atomic mass is 10.1. The van der Waals surface area contributed by atoms with Crippen LogP contribution in [-0.4, -0.2) is 35.7 Å². The van der Waals surface area contributed by atoms with E-state index in [4.69, 9.17) is 21.1 Å². The van der Waals surface area contributed by atoms with E-state index in [1.807, 2.05) is 4.57 Å². The summed E-state index contributed by atoms with van der Waals surface area (Å²) in [7, 11) is 1.52. The van der Waals surface area contributed by atoms with Crippen LogP contribution in [0.15, 0.2) is 36.8 Å². The topological polar surface area (TPSA) is 79.9 Å². The second kappa shape index (κ2) is 8.88. The minimum absolute atomic E-state index is 0.0330. The monoisotopic (exact) mass is 492 g/mol. The summed E-state index contributed by atoms with van der Waals surface area (Å²) in [4.78, 5) is 16.6. The van der Waals surface area contributed by atoms with Crippen molar-refractivity contribution in [3.8, 4) is 17.3 Å². The van der Waals surface area contributed by atoms with Gasteiger partial charge in [0.2, 0.25) is 11.2 Å². The third-order valence-corrected chi connectivity index (χ3v) is 5.75. The predicted molar refractivity (Wildman–Crippen MR) is 117 cm³/mol. The maximum atomic E-state index is 12.9. The average molecular weight is 493 g/mol. The molecule has 0 N–H and O–H groups in total. The van der Waals surface area contributed by atoms with Gasteiger partial charge in [0.15, 0.2) is 16.9 Å². The molecule has 1 fully saturated rings. The van der Waals surface area contributed by atoms with Crippen LogP contribution in [0, 0.1) is 0 Å². The fraction of sp³-hybridized carbons (Fsp3) is 0.364. The fourth-order valence-electron chi connectivity index (χ4n) is 3.89. The van der Waals surface area contributed by atoms with Gasteiger partial charge in [0.25, 0.3) is 0 Å². The highest BCUT2D eigenvalue weighted by atomic mass is 35.5. The zero-order valence-electron chi connectivity index (χ0n) is 18.1. The zero-order chi connectivity index (χ0) is 23.9. The van der Waals surface area contributed by atoms with Crippen LogP contribution in [0.2, 0.25) is 5.28 Å². The van der Waals surface area contributed by atoms with Gasteiger partial charge in [-0.2, -0.15) is 23.1 Å². The molecule has 12 heteroatoms. The van der Waals surface area contributed by atoms with Crippen molar-refractivity contribution in [3.63, 3.8) is 0 Å². The lowest BCUT2D eigenvalue weighted by Crippen LogP contribution is -2.17. The van der Waals surface area contributed by atoms with Crippen LogP contribution in [0.1, 0.15) is 36.7 Å². The van der Waals surface area contributed by atoms with Gasteiger partial charge in [-0.15, -0.1) is 0 Å². The van der Waals surface area contributed by atoms with Gasteiger partial charge in [0.05, 0.1) is 6.33 Å². The van der Waals surface area contributed by atoms with Crippen LogP contribution >= 0.6 is 11.6 Å². The maximum absolute atomic E-state index is 12.9. The standard InChI is InChI=1S/C22H20ClF3N6O2/c1-31-10-15(22(24,25)26)28-18(31)14-7-5-13(6-8-14)11-34-20-17-19(29-21(23)30-20)32(12-27-17)16-4-2-3-9-33-16/h5-8,10,12,16H,2-4,9,11H2,1H3. The molecular formula is C22H20ClF3N6O2. The molecule has 0 saturated carbocycles. The van der Waals surface area contributed by atoms with Crippen molar-refractivity contribution in [1.82, 2.24) is 29.1 Å². The van der Waals surface area contributed by atoms with Gasteiger partial charge < -0.3 is 14.0 Å². The molecule has 34 heavy (non-hydrogen) atoms. The Kier molecular flexibility index (Phi) is 5.90. The molecular weight excluding hydrogens is 473 g/mol. The van der Waals surface area contributed by atoms with E-state index in [2.05, 4.69) is 19.9 Å². The van der Waals surface area contributed by atoms with Gasteiger partial charge in [-0.05, 0) is 36.4 Å². The molecule has 1 aliphatic rings. The Morgan fingerprint density at radius 2 is 1.94 bits per heavy atom. The number of halogens is 4. The number of fused-ring (bicyclic) bond motifs is 1. The Bertz CT molecular complexity index is 1310. The summed E-state index contributed by atoms with van der Waals surface area (Å²) >= 11 is 6.14. The Morgan fingerprint density at radius 3 is 2.62 bits per heavy atom. The van der Waals surface area contributed by atoms with E-state index in [0.29, 0.717) is 23.3 Å². The number of rotatable bonds is 5. The molecule has 0 radical (unpaired) electrons. The Hall–Kier alpha value is -3.18. The number of imidazole rings is 2. The first kappa shape index (κ1) is 22.6. The average Bonchev–Trinajstić information content (AvgIpc) is 3.42. The molecule has 1 atom stereocenters. The minimum Gasteiger partial charge on any atom is -0.471 e. The van der Waals surface area contributed by atoms with E-state index >= 15 is 0 Å². The molecule has 5 rings (SSSR count). The van der Waals surface area contributed by atoms with Crippen molar-refractivity contribution >= 4 is 22.8 Å². The third kappa shape index (κ3) is 4.45. The van der Waals surface area contributed by atoms with Crippen LogP contribution in [0.25, 0.3) is 22.6 Å². The Balaban J connectivity index is 1.34. The van der Waals surface area contributed by atoms with Crippen molar-refractivity contribution in [1.29, 1.82) is 0 Å². The number of hydrogen-bond donors (Lipinski definition) is 0. The van der Waals surface area contributed by atoms with Gasteiger partial charge in [-0.1, -0.05) is 24.3 Å². The number of benzene rings is 1. The molecule has 3 aromatic heterocycles. The molecule has 0 spiro atoms. The van der Waals surface area contributed by atoms with Crippen LogP contribution in [-0.2, 0) is 24.6 Å². The second-order valence-electron chi connectivity index (χ2n) is 7.99. The summed E-state index contributed by atoms with van der Waals surface area (Å²) in [5, 5.41) is 0.0330. The van der Waals surface area contributed by atoms with Crippen LogP contribution in [0.3, 0.4) is 0 Å². The Morgan fingerprint density at radius 1 is 1.15 bits per heavy atom. The molecule has 1 saturated heterocycles. The van der Waals surface area contributed by atoms with Crippen molar-refractivity contribution < 1.29 is 22.6 Å². The van der Waals surface area contributed by atoms with E-state index in [1.165, 1.54) is 11.6 Å². The summed E-state index contributed by atoms with van der Waals surface area (Å²) in [6, 6.07) is 6.90. The number of nitrogens with zero attached hydrogens (tertiary/aromatic N) is 6. The van der Waals surface area contributed by atoms with Crippen molar-refractivity contribution in [2.75, 3.05) is 6.61 Å². The van der Waals surface area contributed by atoms with Crippen LogP contribution in [0.5, 0.6) is 5.88 Å². The van der Waals surface area contributed by atoms with Gasteiger partial charge in [-0.3, -0.25) is 4.57 Å². The highest BCUT2D eigenvalue weighted by Crippen LogP contribution is 2.32. The molecule has 0 amide bonds. The van der Waals surface area contributed by atoms with Crippen LogP contribution < -0.4 is 4.74 Å². The van der Waals surface area contributed by atoms with E-state index < -0.39 is 11.9 Å². The first-order chi connectivity index (χ1) is 16.3. The predicted octanol–water partition coefficient (Wildman–Crippen LogP) is 5.18. The molecule has 1 aromatic carbocycles. The molecule has 8 nitrogen and oxygen atoms in total. The van der Waals surface area contributed by atoms with Crippen molar-refractivity contribution in [2.24, 2.45) is 7.05 Å². The van der Waals surface area contributed by atoms with Gasteiger partial charge in [-0.25, -0.2) is 9.97 Å². The molecule has 178 valence electrons.